The Kier molecular flexibility index (Phi) is 7.94. The number of nitrogens with one attached hydrogen (secondary N) is 2. The molecule has 1 atom stereocenters. The lowest BCUT2D eigenvalue weighted by molar-refractivity contribution is -0.129. The Morgan fingerprint density at radius 1 is 1.33 bits per heavy atom. The Hall–Kier alpha value is -2.25. The first-order valence-electron chi connectivity index (χ1n) is 8.44. The quantitative estimate of drug-likeness (QED) is 0.514. The summed E-state index contributed by atoms with van der Waals surface area (Å²) in [4.78, 5) is 24.6. The molecule has 1 aromatic heterocycles. The number of hydrazone groups is 1. The van der Waals surface area contributed by atoms with E-state index in [2.05, 4.69) is 15.8 Å². The highest BCUT2D eigenvalue weighted by atomic mass is 35.5. The molecule has 144 valence electrons. The van der Waals surface area contributed by atoms with E-state index in [1.165, 1.54) is 29.5 Å². The summed E-state index contributed by atoms with van der Waals surface area (Å²) < 4.78 is 13.7. The highest BCUT2D eigenvalue weighted by Gasteiger charge is 2.22. The van der Waals surface area contributed by atoms with Gasteiger partial charge in [0.2, 0.25) is 5.91 Å². The van der Waals surface area contributed by atoms with Gasteiger partial charge in [-0.05, 0) is 46.9 Å². The molecule has 5 nitrogen and oxygen atoms in total. The van der Waals surface area contributed by atoms with Crippen molar-refractivity contribution in [3.63, 3.8) is 0 Å². The summed E-state index contributed by atoms with van der Waals surface area (Å²) in [5.74, 6) is -1.06. The molecule has 0 bridgehead atoms. The van der Waals surface area contributed by atoms with Crippen LogP contribution in [0.4, 0.5) is 4.39 Å². The van der Waals surface area contributed by atoms with Gasteiger partial charge in [0, 0.05) is 5.56 Å². The minimum Gasteiger partial charge on any atom is -0.344 e. The van der Waals surface area contributed by atoms with Gasteiger partial charge in [0.25, 0.3) is 5.91 Å². The first-order valence-corrected chi connectivity index (χ1v) is 9.76. The second-order valence-electron chi connectivity index (χ2n) is 6.43. The third-order valence-electron chi connectivity index (χ3n) is 3.67. The predicted octanol–water partition coefficient (Wildman–Crippen LogP) is 3.76. The second-order valence-corrected chi connectivity index (χ2v) is 7.61. The number of rotatable bonds is 8. The van der Waals surface area contributed by atoms with Crippen molar-refractivity contribution in [1.82, 2.24) is 10.7 Å². The minimum atomic E-state index is -0.732. The topological polar surface area (TPSA) is 70.6 Å². The fourth-order valence-corrected chi connectivity index (χ4v) is 3.28. The molecule has 0 aliphatic carbocycles. The lowest BCUT2D eigenvalue weighted by atomic mass is 10.0. The normalized spacial score (nSPS) is 12.3. The summed E-state index contributed by atoms with van der Waals surface area (Å²) in [7, 11) is 0. The van der Waals surface area contributed by atoms with Gasteiger partial charge < -0.3 is 5.32 Å². The molecule has 27 heavy (non-hydrogen) atoms. The second kappa shape index (κ2) is 10.2. The molecular weight excluding hydrogens is 389 g/mol. The van der Waals surface area contributed by atoms with E-state index >= 15 is 0 Å². The van der Waals surface area contributed by atoms with Gasteiger partial charge in [-0.25, -0.2) is 9.82 Å². The van der Waals surface area contributed by atoms with Gasteiger partial charge in [-0.2, -0.15) is 16.4 Å². The van der Waals surface area contributed by atoms with Gasteiger partial charge in [-0.1, -0.05) is 31.5 Å². The minimum absolute atomic E-state index is 0.0846. The third-order valence-corrected chi connectivity index (χ3v) is 4.73. The van der Waals surface area contributed by atoms with Crippen molar-refractivity contribution in [2.24, 2.45) is 11.0 Å². The molecule has 0 aliphatic rings. The predicted molar refractivity (Wildman–Crippen MR) is 107 cm³/mol. The van der Waals surface area contributed by atoms with Crippen LogP contribution in [0.5, 0.6) is 0 Å². The zero-order valence-corrected chi connectivity index (χ0v) is 16.6. The summed E-state index contributed by atoms with van der Waals surface area (Å²) in [5.41, 5.74) is 3.33. The maximum atomic E-state index is 13.7. The fraction of sp³-hybridized carbons (Fsp3) is 0.316. The van der Waals surface area contributed by atoms with Gasteiger partial charge >= 0.3 is 0 Å². The monoisotopic (exact) mass is 409 g/mol. The summed E-state index contributed by atoms with van der Waals surface area (Å²) in [6, 6.07) is 5.39. The number of thiophene rings is 1. The Labute approximate surface area is 166 Å². The zero-order valence-electron chi connectivity index (χ0n) is 15.0. The number of halogens is 2. The average Bonchev–Trinajstić information content (AvgIpc) is 3.09. The first-order chi connectivity index (χ1) is 12.9. The van der Waals surface area contributed by atoms with Crippen LogP contribution in [-0.2, 0) is 16.0 Å². The van der Waals surface area contributed by atoms with Crippen molar-refractivity contribution in [2.45, 2.75) is 32.7 Å². The summed E-state index contributed by atoms with van der Waals surface area (Å²) in [6.07, 6.45) is 1.81. The SMILES string of the molecule is CC(C)C[C@H](NC(=O)Cc1ccsc1)C(=O)N/N=C\c1c(F)cccc1Cl. The van der Waals surface area contributed by atoms with Gasteiger partial charge in [-0.15, -0.1) is 0 Å². The molecule has 0 saturated carbocycles. The Morgan fingerprint density at radius 3 is 2.74 bits per heavy atom. The van der Waals surface area contributed by atoms with Crippen LogP contribution in [-0.4, -0.2) is 24.1 Å². The Morgan fingerprint density at radius 2 is 2.11 bits per heavy atom. The number of hydrogen-bond donors (Lipinski definition) is 2. The highest BCUT2D eigenvalue weighted by molar-refractivity contribution is 7.08. The summed E-state index contributed by atoms with van der Waals surface area (Å²) in [6.45, 7) is 3.90. The van der Waals surface area contributed by atoms with E-state index in [0.29, 0.717) is 6.42 Å². The maximum absolute atomic E-state index is 13.7. The van der Waals surface area contributed by atoms with E-state index in [0.717, 1.165) is 11.8 Å². The van der Waals surface area contributed by atoms with E-state index in [9.17, 15) is 14.0 Å². The van der Waals surface area contributed by atoms with Crippen molar-refractivity contribution in [1.29, 1.82) is 0 Å². The van der Waals surface area contributed by atoms with Crippen LogP contribution in [0, 0.1) is 11.7 Å². The molecule has 2 N–H and O–H groups in total. The van der Waals surface area contributed by atoms with E-state index in [4.69, 9.17) is 11.6 Å². The average molecular weight is 410 g/mol. The molecule has 1 heterocycles. The Bertz CT molecular complexity index is 789. The molecule has 2 aromatic rings. The molecule has 0 aliphatic heterocycles. The standard InChI is InChI=1S/C19H21ClFN3O2S/c1-12(2)8-17(23-18(25)9-13-6-7-27-11-13)19(26)24-22-10-14-15(20)4-3-5-16(14)21/h3-7,10-12,17H,8-9H2,1-2H3,(H,23,25)(H,24,26)/b22-10-/t17-/m0/s1. The maximum Gasteiger partial charge on any atom is 0.262 e. The summed E-state index contributed by atoms with van der Waals surface area (Å²) >= 11 is 7.42. The number of carbonyl (C=O) groups is 2. The molecule has 2 amide bonds. The van der Waals surface area contributed by atoms with Crippen molar-refractivity contribution in [3.8, 4) is 0 Å². The first kappa shape index (κ1) is 21.1. The molecule has 1 aromatic carbocycles. The lowest BCUT2D eigenvalue weighted by Gasteiger charge is -2.18. The van der Waals surface area contributed by atoms with E-state index in [1.54, 1.807) is 0 Å². The van der Waals surface area contributed by atoms with Crippen LogP contribution in [0.2, 0.25) is 5.02 Å². The van der Waals surface area contributed by atoms with Gasteiger partial charge in [0.05, 0.1) is 17.7 Å². The van der Waals surface area contributed by atoms with Crippen LogP contribution in [0.25, 0.3) is 0 Å². The molecule has 8 heteroatoms. The molecule has 0 unspecified atom stereocenters. The van der Waals surface area contributed by atoms with Gasteiger partial charge in [-0.3, -0.25) is 9.59 Å². The lowest BCUT2D eigenvalue weighted by Crippen LogP contribution is -2.46. The van der Waals surface area contributed by atoms with Crippen LogP contribution >= 0.6 is 22.9 Å². The van der Waals surface area contributed by atoms with Crippen LogP contribution in [0.15, 0.2) is 40.1 Å². The van der Waals surface area contributed by atoms with Crippen LogP contribution < -0.4 is 10.7 Å². The van der Waals surface area contributed by atoms with E-state index < -0.39 is 17.8 Å². The molecule has 0 fully saturated rings. The zero-order chi connectivity index (χ0) is 19.8. The van der Waals surface area contributed by atoms with Gasteiger partial charge in [0.1, 0.15) is 11.9 Å². The summed E-state index contributed by atoms with van der Waals surface area (Å²) in [5, 5.41) is 10.5. The Balaban J connectivity index is 1.99. The number of nitrogens with zero attached hydrogens (tertiary/aromatic N) is 1. The van der Waals surface area contributed by atoms with Crippen molar-refractivity contribution >= 4 is 41.0 Å². The van der Waals surface area contributed by atoms with Crippen molar-refractivity contribution < 1.29 is 14.0 Å². The largest absolute Gasteiger partial charge is 0.344 e. The number of benzene rings is 1. The molecule has 0 radical (unpaired) electrons. The molecule has 0 spiro atoms. The molecule has 0 saturated heterocycles. The number of carbonyl (C=O) groups excluding carboxylic acids is 2. The van der Waals surface area contributed by atoms with Crippen molar-refractivity contribution in [3.05, 3.63) is 57.0 Å². The molecule has 2 rings (SSSR count). The highest BCUT2D eigenvalue weighted by Crippen LogP contribution is 2.16. The number of hydrogen-bond acceptors (Lipinski definition) is 4. The molecular formula is C19H21ClFN3O2S. The van der Waals surface area contributed by atoms with E-state index in [1.807, 2.05) is 30.7 Å². The van der Waals surface area contributed by atoms with Crippen LogP contribution in [0.1, 0.15) is 31.4 Å². The third kappa shape index (κ3) is 6.77. The van der Waals surface area contributed by atoms with Crippen molar-refractivity contribution in [2.75, 3.05) is 0 Å². The number of amides is 2. The smallest absolute Gasteiger partial charge is 0.262 e. The fourth-order valence-electron chi connectivity index (χ4n) is 2.40. The van der Waals surface area contributed by atoms with Gasteiger partial charge in [0.15, 0.2) is 0 Å². The van der Waals surface area contributed by atoms with E-state index in [-0.39, 0.29) is 28.8 Å². The van der Waals surface area contributed by atoms with Crippen LogP contribution in [0.3, 0.4) is 0 Å².